The van der Waals surface area contributed by atoms with Crippen LogP contribution in [0, 0.1) is 11.6 Å². The lowest BCUT2D eigenvalue weighted by Crippen LogP contribution is -2.54. The van der Waals surface area contributed by atoms with Crippen molar-refractivity contribution in [3.05, 3.63) is 165 Å². The molecule has 2 aliphatic heterocycles. The van der Waals surface area contributed by atoms with Crippen molar-refractivity contribution in [3.63, 3.8) is 0 Å². The number of hydrogen-bond acceptors (Lipinski definition) is 12. The van der Waals surface area contributed by atoms with E-state index in [1.807, 2.05) is 9.80 Å². The number of rotatable bonds is 14. The minimum Gasteiger partial charge on any atom is -0.487 e. The second-order valence-corrected chi connectivity index (χ2v) is 15.2. The van der Waals surface area contributed by atoms with Gasteiger partial charge < -0.3 is 40.1 Å². The van der Waals surface area contributed by atoms with Crippen LogP contribution in [0.15, 0.2) is 110 Å². The number of amides is 2. The summed E-state index contributed by atoms with van der Waals surface area (Å²) in [5, 5.41) is 24.0. The number of anilines is 2. The van der Waals surface area contributed by atoms with Gasteiger partial charge in [-0.1, -0.05) is 35.3 Å². The molecular formula is C44H36Cl2F2N8O8. The van der Waals surface area contributed by atoms with Crippen LogP contribution in [0.2, 0.25) is 10.0 Å². The summed E-state index contributed by atoms with van der Waals surface area (Å²) in [6, 6.07) is 20.8. The van der Waals surface area contributed by atoms with Crippen molar-refractivity contribution in [2.24, 2.45) is 0 Å². The zero-order valence-corrected chi connectivity index (χ0v) is 34.8. The van der Waals surface area contributed by atoms with E-state index >= 15 is 0 Å². The van der Waals surface area contributed by atoms with E-state index in [-0.39, 0.29) is 48.1 Å². The number of nitrogens with one attached hydrogen (secondary N) is 2. The lowest BCUT2D eigenvalue weighted by Gasteiger charge is -2.40. The predicted octanol–water partition coefficient (Wildman–Crippen LogP) is 6.33. The Bertz CT molecular complexity index is 2490. The number of halogens is 4. The highest BCUT2D eigenvalue weighted by atomic mass is 35.5. The summed E-state index contributed by atoms with van der Waals surface area (Å²) in [5.74, 6) is -1.87. The molecular weight excluding hydrogens is 877 g/mol. The highest BCUT2D eigenvalue weighted by Crippen LogP contribution is 2.29. The lowest BCUT2D eigenvalue weighted by atomic mass is 10.1. The Labute approximate surface area is 373 Å². The quantitative estimate of drug-likeness (QED) is 0.0942. The lowest BCUT2D eigenvalue weighted by molar-refractivity contribution is 0.0685. The Kier molecular flexibility index (Phi) is 14.1. The highest BCUT2D eigenvalue weighted by molar-refractivity contribution is 6.31. The molecule has 16 nitrogen and oxygen atoms in total. The van der Waals surface area contributed by atoms with E-state index in [1.54, 1.807) is 24.3 Å². The van der Waals surface area contributed by atoms with Gasteiger partial charge in [0, 0.05) is 36.9 Å². The molecule has 2 aromatic carbocycles. The standard InChI is InChI=1S/2C22H18ClFN4O4/c2*23-14-6-19(21(29)27-10-16-5-4-13(8-25-16)22(30)31)20(26-9-14)28-11-18(12-28)32-17-3-1-2-15(24)7-17/h2*1-9,18H,10-12H2,(H,27,29)(H,30,31). The molecule has 0 atom stereocenters. The fourth-order valence-electron chi connectivity index (χ4n) is 6.38. The summed E-state index contributed by atoms with van der Waals surface area (Å²) in [6.07, 6.45) is 5.05. The van der Waals surface area contributed by atoms with E-state index in [1.165, 1.54) is 85.5 Å². The van der Waals surface area contributed by atoms with Gasteiger partial charge in [0.1, 0.15) is 47.0 Å². The third-order valence-electron chi connectivity index (χ3n) is 9.65. The third-order valence-corrected chi connectivity index (χ3v) is 10.1. The highest BCUT2D eigenvalue weighted by Gasteiger charge is 2.34. The molecule has 20 heteroatoms. The largest absolute Gasteiger partial charge is 0.487 e. The minimum atomic E-state index is -1.07. The number of carbonyl (C=O) groups is 4. The van der Waals surface area contributed by atoms with E-state index in [0.29, 0.717) is 81.9 Å². The molecule has 8 rings (SSSR count). The molecule has 64 heavy (non-hydrogen) atoms. The summed E-state index contributed by atoms with van der Waals surface area (Å²) < 4.78 is 38.2. The predicted molar refractivity (Wildman–Crippen MR) is 229 cm³/mol. The molecule has 4 aromatic heterocycles. The first kappa shape index (κ1) is 44.6. The summed E-state index contributed by atoms with van der Waals surface area (Å²) in [5.41, 5.74) is 1.73. The molecule has 328 valence electrons. The molecule has 0 aliphatic carbocycles. The summed E-state index contributed by atoms with van der Waals surface area (Å²) in [4.78, 5) is 67.8. The van der Waals surface area contributed by atoms with Gasteiger partial charge in [-0.3, -0.25) is 19.6 Å². The Morgan fingerprint density at radius 2 is 1.00 bits per heavy atom. The second-order valence-electron chi connectivity index (χ2n) is 14.3. The Morgan fingerprint density at radius 1 is 0.594 bits per heavy atom. The van der Waals surface area contributed by atoms with Crippen molar-refractivity contribution in [3.8, 4) is 11.5 Å². The molecule has 0 radical (unpaired) electrons. The zero-order valence-electron chi connectivity index (χ0n) is 33.3. The van der Waals surface area contributed by atoms with Crippen molar-refractivity contribution in [1.82, 2.24) is 30.6 Å². The van der Waals surface area contributed by atoms with Crippen molar-refractivity contribution >= 4 is 58.6 Å². The van der Waals surface area contributed by atoms with E-state index in [2.05, 4.69) is 30.6 Å². The third kappa shape index (κ3) is 11.5. The molecule has 2 fully saturated rings. The van der Waals surface area contributed by atoms with Crippen LogP contribution in [-0.4, -0.2) is 92.3 Å². The molecule has 2 saturated heterocycles. The molecule has 2 aliphatic rings. The van der Waals surface area contributed by atoms with Crippen LogP contribution in [0.3, 0.4) is 0 Å². The summed E-state index contributed by atoms with van der Waals surface area (Å²) >= 11 is 12.1. The number of aromatic carboxylic acids is 2. The number of aromatic nitrogens is 4. The maximum atomic E-state index is 13.3. The van der Waals surface area contributed by atoms with Gasteiger partial charge in [-0.2, -0.15) is 0 Å². The number of nitrogens with zero attached hydrogens (tertiary/aromatic N) is 6. The number of benzene rings is 2. The van der Waals surface area contributed by atoms with Crippen LogP contribution in [0.4, 0.5) is 20.4 Å². The van der Waals surface area contributed by atoms with Crippen molar-refractivity contribution in [1.29, 1.82) is 0 Å². The van der Waals surface area contributed by atoms with E-state index in [9.17, 15) is 28.0 Å². The monoisotopic (exact) mass is 912 g/mol. The zero-order chi connectivity index (χ0) is 45.3. The fourth-order valence-corrected chi connectivity index (χ4v) is 6.70. The van der Waals surface area contributed by atoms with Crippen molar-refractivity contribution in [2.75, 3.05) is 36.0 Å². The fraction of sp³-hybridized carbons (Fsp3) is 0.182. The summed E-state index contributed by atoms with van der Waals surface area (Å²) in [7, 11) is 0. The number of carboxylic acids is 2. The number of ether oxygens (including phenoxy) is 2. The minimum absolute atomic E-state index is 0.0641. The van der Waals surface area contributed by atoms with Gasteiger partial charge in [0.05, 0.1) is 83.0 Å². The molecule has 2 amide bonds. The second kappa shape index (κ2) is 20.2. The van der Waals surface area contributed by atoms with Gasteiger partial charge in [0.2, 0.25) is 0 Å². The van der Waals surface area contributed by atoms with Gasteiger partial charge in [-0.15, -0.1) is 0 Å². The van der Waals surface area contributed by atoms with Crippen LogP contribution >= 0.6 is 23.2 Å². The maximum absolute atomic E-state index is 13.3. The molecule has 0 bridgehead atoms. The first-order chi connectivity index (χ1) is 30.8. The number of carbonyl (C=O) groups excluding carboxylic acids is 2. The Balaban J connectivity index is 0.000000191. The number of carboxylic acid groups (broad SMARTS) is 2. The van der Waals surface area contributed by atoms with E-state index in [0.717, 1.165) is 0 Å². The van der Waals surface area contributed by atoms with Crippen LogP contribution in [-0.2, 0) is 13.1 Å². The smallest absolute Gasteiger partial charge is 0.337 e. The van der Waals surface area contributed by atoms with Gasteiger partial charge >= 0.3 is 11.9 Å². The number of pyridine rings is 4. The van der Waals surface area contributed by atoms with Crippen LogP contribution in [0.1, 0.15) is 52.8 Å². The molecule has 4 N–H and O–H groups in total. The van der Waals surface area contributed by atoms with Gasteiger partial charge in [-0.05, 0) is 60.7 Å². The molecule has 6 heterocycles. The molecule has 6 aromatic rings. The maximum Gasteiger partial charge on any atom is 0.337 e. The van der Waals surface area contributed by atoms with Crippen molar-refractivity contribution < 1.29 is 47.6 Å². The average Bonchev–Trinajstić information content (AvgIpc) is 3.25. The average molecular weight is 914 g/mol. The van der Waals surface area contributed by atoms with Crippen LogP contribution in [0.25, 0.3) is 0 Å². The number of hydrogen-bond donors (Lipinski definition) is 4. The summed E-state index contributed by atoms with van der Waals surface area (Å²) in [6.45, 7) is 2.12. The van der Waals surface area contributed by atoms with Gasteiger partial charge in [0.15, 0.2) is 0 Å². The van der Waals surface area contributed by atoms with Crippen LogP contribution < -0.4 is 29.9 Å². The Morgan fingerprint density at radius 3 is 1.34 bits per heavy atom. The normalized spacial score (nSPS) is 13.4. The van der Waals surface area contributed by atoms with Gasteiger partial charge in [-0.25, -0.2) is 28.3 Å². The molecule has 0 saturated carbocycles. The van der Waals surface area contributed by atoms with E-state index < -0.39 is 23.8 Å². The molecule has 0 spiro atoms. The SMILES string of the molecule is O=C(O)c1ccc(CNC(=O)c2cc(Cl)cnc2N2CC(Oc3cccc(F)c3)C2)nc1.O=C(O)c1ccc(CNC(=O)c2cc(Cl)cnc2N2CC(Oc3cccc(F)c3)C2)nc1. The molecule has 0 unspecified atom stereocenters. The first-order valence-electron chi connectivity index (χ1n) is 19.4. The van der Waals surface area contributed by atoms with Crippen LogP contribution in [0.5, 0.6) is 11.5 Å². The topological polar surface area (TPSA) is 209 Å². The van der Waals surface area contributed by atoms with Crippen molar-refractivity contribution in [2.45, 2.75) is 25.3 Å². The van der Waals surface area contributed by atoms with E-state index in [4.69, 9.17) is 42.9 Å². The van der Waals surface area contributed by atoms with Gasteiger partial charge in [0.25, 0.3) is 11.8 Å². The Hall–Kier alpha value is -7.44. The first-order valence-corrected chi connectivity index (χ1v) is 20.1.